The third kappa shape index (κ3) is 2.88. The lowest BCUT2D eigenvalue weighted by Gasteiger charge is -2.03. The highest BCUT2D eigenvalue weighted by Gasteiger charge is 2.09. The normalized spacial score (nSPS) is 10.5. The predicted molar refractivity (Wildman–Crippen MR) is 62.7 cm³/mol. The van der Waals surface area contributed by atoms with Gasteiger partial charge in [0.2, 0.25) is 0 Å². The first-order valence-electron chi connectivity index (χ1n) is 5.57. The number of carboxylic acid groups (broad SMARTS) is 1. The lowest BCUT2D eigenvalue weighted by atomic mass is 10.2. The molecule has 2 rings (SSSR count). The fraction of sp³-hybridized carbons (Fsp3) is 0.364. The van der Waals surface area contributed by atoms with E-state index in [1.807, 2.05) is 13.0 Å². The lowest BCUT2D eigenvalue weighted by Crippen LogP contribution is -2.05. The van der Waals surface area contributed by atoms with Gasteiger partial charge in [0.1, 0.15) is 0 Å². The molecular formula is C11H13N5O2. The highest BCUT2D eigenvalue weighted by Crippen LogP contribution is 2.15. The van der Waals surface area contributed by atoms with E-state index in [0.717, 1.165) is 11.1 Å². The number of tetrazole rings is 1. The number of aliphatic carboxylic acids is 1. The number of hydrogen-bond acceptors (Lipinski definition) is 5. The van der Waals surface area contributed by atoms with Crippen molar-refractivity contribution < 1.29 is 9.90 Å². The molecule has 0 radical (unpaired) electrons. The number of rotatable bonds is 5. The second-order valence-corrected chi connectivity index (χ2v) is 3.97. The molecule has 18 heavy (non-hydrogen) atoms. The van der Waals surface area contributed by atoms with Crippen molar-refractivity contribution in [2.75, 3.05) is 0 Å². The summed E-state index contributed by atoms with van der Waals surface area (Å²) >= 11 is 0. The van der Waals surface area contributed by atoms with Crippen molar-refractivity contribution in [3.8, 4) is 11.4 Å². The van der Waals surface area contributed by atoms with Crippen LogP contribution in [0, 0.1) is 6.92 Å². The van der Waals surface area contributed by atoms with Crippen molar-refractivity contribution in [2.45, 2.75) is 26.3 Å². The van der Waals surface area contributed by atoms with Gasteiger partial charge >= 0.3 is 5.97 Å². The number of pyridine rings is 1. The van der Waals surface area contributed by atoms with E-state index in [4.69, 9.17) is 5.11 Å². The molecule has 0 aliphatic rings. The summed E-state index contributed by atoms with van der Waals surface area (Å²) in [4.78, 5) is 14.5. The summed E-state index contributed by atoms with van der Waals surface area (Å²) in [5.74, 6) is -0.210. The van der Waals surface area contributed by atoms with Crippen LogP contribution >= 0.6 is 0 Å². The average molecular weight is 247 g/mol. The van der Waals surface area contributed by atoms with E-state index in [0.29, 0.717) is 18.8 Å². The molecule has 94 valence electrons. The van der Waals surface area contributed by atoms with Gasteiger partial charge in [-0.15, -0.1) is 5.10 Å². The molecule has 0 atom stereocenters. The summed E-state index contributed by atoms with van der Waals surface area (Å²) in [5.41, 5.74) is 1.85. The standard InChI is InChI=1S/C11H13N5O2/c1-8-5-9(7-12-6-8)11-13-14-15-16(11)4-2-3-10(17)18/h5-7H,2-4H2,1H3,(H,17,18). The van der Waals surface area contributed by atoms with Crippen LogP contribution < -0.4 is 0 Å². The van der Waals surface area contributed by atoms with Gasteiger partial charge in [0.15, 0.2) is 5.82 Å². The lowest BCUT2D eigenvalue weighted by molar-refractivity contribution is -0.137. The van der Waals surface area contributed by atoms with Crippen LogP contribution in [0.3, 0.4) is 0 Å². The maximum Gasteiger partial charge on any atom is 0.303 e. The summed E-state index contributed by atoms with van der Waals surface area (Å²) in [5, 5.41) is 20.0. The number of carbonyl (C=O) groups is 1. The molecule has 0 bridgehead atoms. The van der Waals surface area contributed by atoms with Crippen molar-refractivity contribution in [3.63, 3.8) is 0 Å². The molecule has 0 fully saturated rings. The summed E-state index contributed by atoms with van der Waals surface area (Å²) in [6.45, 7) is 2.41. The average Bonchev–Trinajstić information content (AvgIpc) is 2.77. The molecule has 7 heteroatoms. The quantitative estimate of drug-likeness (QED) is 0.843. The van der Waals surface area contributed by atoms with Gasteiger partial charge in [-0.1, -0.05) is 0 Å². The van der Waals surface area contributed by atoms with Gasteiger partial charge < -0.3 is 5.11 Å². The zero-order chi connectivity index (χ0) is 13.0. The Morgan fingerprint density at radius 3 is 3.00 bits per heavy atom. The van der Waals surface area contributed by atoms with E-state index >= 15 is 0 Å². The third-order valence-electron chi connectivity index (χ3n) is 2.43. The molecule has 0 aromatic carbocycles. The molecule has 2 aromatic rings. The number of carboxylic acids is 1. The molecule has 2 heterocycles. The molecular weight excluding hydrogens is 234 g/mol. The first kappa shape index (κ1) is 12.2. The summed E-state index contributed by atoms with van der Waals surface area (Å²) in [7, 11) is 0. The summed E-state index contributed by atoms with van der Waals surface area (Å²) in [6, 6.07) is 1.94. The highest BCUT2D eigenvalue weighted by molar-refractivity contribution is 5.66. The minimum Gasteiger partial charge on any atom is -0.481 e. The molecule has 0 unspecified atom stereocenters. The van der Waals surface area contributed by atoms with Crippen molar-refractivity contribution in [1.82, 2.24) is 25.2 Å². The molecule has 0 saturated heterocycles. The van der Waals surface area contributed by atoms with Gasteiger partial charge in [0, 0.05) is 30.9 Å². The van der Waals surface area contributed by atoms with Crippen molar-refractivity contribution in [1.29, 1.82) is 0 Å². The van der Waals surface area contributed by atoms with Crippen LogP contribution in [-0.4, -0.2) is 36.3 Å². The Morgan fingerprint density at radius 1 is 1.44 bits per heavy atom. The van der Waals surface area contributed by atoms with Gasteiger partial charge in [-0.2, -0.15) is 0 Å². The van der Waals surface area contributed by atoms with Crippen LogP contribution in [0.2, 0.25) is 0 Å². The topological polar surface area (TPSA) is 93.8 Å². The van der Waals surface area contributed by atoms with Crippen LogP contribution in [0.4, 0.5) is 0 Å². The first-order valence-corrected chi connectivity index (χ1v) is 5.57. The van der Waals surface area contributed by atoms with Crippen molar-refractivity contribution >= 4 is 5.97 Å². The van der Waals surface area contributed by atoms with E-state index in [2.05, 4.69) is 20.5 Å². The van der Waals surface area contributed by atoms with E-state index in [1.54, 1.807) is 17.1 Å². The third-order valence-corrected chi connectivity index (χ3v) is 2.43. The molecule has 0 spiro atoms. The van der Waals surface area contributed by atoms with Crippen molar-refractivity contribution in [3.05, 3.63) is 24.0 Å². The van der Waals surface area contributed by atoms with E-state index in [1.165, 1.54) is 0 Å². The van der Waals surface area contributed by atoms with Crippen molar-refractivity contribution in [2.24, 2.45) is 0 Å². The number of hydrogen-bond donors (Lipinski definition) is 1. The summed E-state index contributed by atoms with van der Waals surface area (Å²) in [6.07, 6.45) is 4.03. The molecule has 2 aromatic heterocycles. The van der Waals surface area contributed by atoms with Gasteiger partial charge in [-0.25, -0.2) is 4.68 Å². The Kier molecular flexibility index (Phi) is 3.61. The van der Waals surface area contributed by atoms with E-state index < -0.39 is 5.97 Å². The molecule has 0 amide bonds. The predicted octanol–water partition coefficient (Wildman–Crippen LogP) is 0.908. The minimum atomic E-state index is -0.818. The fourth-order valence-electron chi connectivity index (χ4n) is 1.62. The SMILES string of the molecule is Cc1cncc(-c2nnnn2CCCC(=O)O)c1. The van der Waals surface area contributed by atoms with E-state index in [9.17, 15) is 4.79 Å². The minimum absolute atomic E-state index is 0.103. The monoisotopic (exact) mass is 247 g/mol. The van der Waals surface area contributed by atoms with Crippen LogP contribution in [0.1, 0.15) is 18.4 Å². The maximum atomic E-state index is 10.5. The van der Waals surface area contributed by atoms with Gasteiger partial charge in [0.05, 0.1) is 0 Å². The Morgan fingerprint density at radius 2 is 2.28 bits per heavy atom. The molecule has 0 aliphatic heterocycles. The number of aryl methyl sites for hydroxylation is 2. The van der Waals surface area contributed by atoms with Gasteiger partial charge in [0.25, 0.3) is 0 Å². The van der Waals surface area contributed by atoms with Crippen LogP contribution in [0.5, 0.6) is 0 Å². The Labute approximate surface area is 103 Å². The molecule has 0 aliphatic carbocycles. The smallest absolute Gasteiger partial charge is 0.303 e. The second-order valence-electron chi connectivity index (χ2n) is 3.97. The maximum absolute atomic E-state index is 10.5. The zero-order valence-corrected chi connectivity index (χ0v) is 9.94. The molecule has 0 saturated carbocycles. The fourth-order valence-corrected chi connectivity index (χ4v) is 1.62. The van der Waals surface area contributed by atoms with Crippen LogP contribution in [0.15, 0.2) is 18.5 Å². The Hall–Kier alpha value is -2.31. The zero-order valence-electron chi connectivity index (χ0n) is 9.94. The van der Waals surface area contributed by atoms with Crippen LogP contribution in [0.25, 0.3) is 11.4 Å². The summed E-state index contributed by atoms with van der Waals surface area (Å²) < 4.78 is 1.60. The Bertz CT molecular complexity index is 552. The largest absolute Gasteiger partial charge is 0.481 e. The number of nitrogens with zero attached hydrogens (tertiary/aromatic N) is 5. The number of aromatic nitrogens is 5. The highest BCUT2D eigenvalue weighted by atomic mass is 16.4. The Balaban J connectivity index is 2.15. The first-order chi connectivity index (χ1) is 8.66. The van der Waals surface area contributed by atoms with E-state index in [-0.39, 0.29) is 6.42 Å². The van der Waals surface area contributed by atoms with Gasteiger partial charge in [-0.3, -0.25) is 9.78 Å². The second kappa shape index (κ2) is 5.35. The van der Waals surface area contributed by atoms with Gasteiger partial charge in [-0.05, 0) is 35.4 Å². The molecule has 7 nitrogen and oxygen atoms in total. The molecule has 1 N–H and O–H groups in total. The van der Waals surface area contributed by atoms with Crippen LogP contribution in [-0.2, 0) is 11.3 Å².